The van der Waals surface area contributed by atoms with Crippen LogP contribution in [0.5, 0.6) is 11.5 Å². The van der Waals surface area contributed by atoms with Crippen LogP contribution in [0.2, 0.25) is 0 Å². The number of anilines is 1. The van der Waals surface area contributed by atoms with Crippen LogP contribution in [0, 0.1) is 12.7 Å². The van der Waals surface area contributed by atoms with Gasteiger partial charge in [0.15, 0.2) is 11.5 Å². The van der Waals surface area contributed by atoms with E-state index in [1.807, 2.05) is 6.92 Å². The van der Waals surface area contributed by atoms with Crippen molar-refractivity contribution in [2.75, 3.05) is 17.6 Å². The lowest BCUT2D eigenvalue weighted by Gasteiger charge is -2.24. The Labute approximate surface area is 204 Å². The molecule has 0 radical (unpaired) electrons. The number of hydrazone groups is 1. The summed E-state index contributed by atoms with van der Waals surface area (Å²) in [6, 6.07) is 14.8. The van der Waals surface area contributed by atoms with Gasteiger partial charge in [-0.15, -0.1) is 0 Å². The van der Waals surface area contributed by atoms with Crippen molar-refractivity contribution in [2.45, 2.75) is 11.8 Å². The Hall–Kier alpha value is -3.44. The van der Waals surface area contributed by atoms with E-state index >= 15 is 0 Å². The lowest BCUT2D eigenvalue weighted by Crippen LogP contribution is -2.40. The fourth-order valence-electron chi connectivity index (χ4n) is 3.16. The molecule has 8 nitrogen and oxygen atoms in total. The molecule has 0 aromatic heterocycles. The second kappa shape index (κ2) is 9.82. The highest BCUT2D eigenvalue weighted by Crippen LogP contribution is 2.36. The van der Waals surface area contributed by atoms with Crippen molar-refractivity contribution in [1.29, 1.82) is 0 Å². The third-order valence-corrected chi connectivity index (χ3v) is 7.36. The summed E-state index contributed by atoms with van der Waals surface area (Å²) in [7, 11) is -4.24. The van der Waals surface area contributed by atoms with Gasteiger partial charge in [0.05, 0.1) is 16.8 Å². The summed E-state index contributed by atoms with van der Waals surface area (Å²) in [6.07, 6.45) is 1.37. The number of nitrogens with zero attached hydrogens (tertiary/aromatic N) is 2. The van der Waals surface area contributed by atoms with Gasteiger partial charge in [0.25, 0.3) is 15.9 Å². The fraction of sp³-hybridized carbons (Fsp3) is 0.130. The highest BCUT2D eigenvalue weighted by Gasteiger charge is 2.29. The van der Waals surface area contributed by atoms with E-state index < -0.39 is 28.3 Å². The molecule has 11 heteroatoms. The highest BCUT2D eigenvalue weighted by atomic mass is 79.9. The second-order valence-corrected chi connectivity index (χ2v) is 10.0. The zero-order valence-electron chi connectivity index (χ0n) is 17.9. The number of amides is 1. The van der Waals surface area contributed by atoms with Gasteiger partial charge in [0.1, 0.15) is 12.4 Å². The SMILES string of the molecule is Cc1ccc(S(=O)(=O)N(CC(=O)NN=Cc2cc3c(cc2Br)OCO3)c2ccccc2F)cc1. The number of carbonyl (C=O) groups is 1. The Kier molecular flexibility index (Phi) is 6.85. The van der Waals surface area contributed by atoms with E-state index in [0.29, 0.717) is 25.8 Å². The zero-order valence-corrected chi connectivity index (χ0v) is 20.3. The maximum Gasteiger partial charge on any atom is 0.264 e. The number of sulfonamides is 1. The second-order valence-electron chi connectivity index (χ2n) is 7.30. The Morgan fingerprint density at radius 1 is 1.15 bits per heavy atom. The van der Waals surface area contributed by atoms with E-state index in [2.05, 4.69) is 26.5 Å². The lowest BCUT2D eigenvalue weighted by molar-refractivity contribution is -0.119. The molecule has 0 atom stereocenters. The molecular weight excluding hydrogens is 529 g/mol. The van der Waals surface area contributed by atoms with Crippen molar-refractivity contribution < 1.29 is 27.1 Å². The number of aryl methyl sites for hydroxylation is 1. The van der Waals surface area contributed by atoms with Crippen molar-refractivity contribution in [3.8, 4) is 11.5 Å². The van der Waals surface area contributed by atoms with E-state index in [1.54, 1.807) is 24.3 Å². The lowest BCUT2D eigenvalue weighted by atomic mass is 10.2. The molecule has 0 aliphatic carbocycles. The van der Waals surface area contributed by atoms with Gasteiger partial charge in [-0.3, -0.25) is 9.10 Å². The van der Waals surface area contributed by atoms with Gasteiger partial charge in [0.2, 0.25) is 6.79 Å². The standard InChI is InChI=1S/C23H19BrFN3O5S/c1-15-6-8-17(9-7-15)34(30,31)28(20-5-3-2-4-19(20)25)13-23(29)27-26-12-16-10-21-22(11-18(16)24)33-14-32-21/h2-12H,13-14H2,1H3,(H,27,29). The molecule has 0 fully saturated rings. The molecule has 3 aromatic carbocycles. The maximum atomic E-state index is 14.5. The molecule has 0 bridgehead atoms. The van der Waals surface area contributed by atoms with Crippen molar-refractivity contribution in [2.24, 2.45) is 5.10 Å². The largest absolute Gasteiger partial charge is 0.454 e. The first-order valence-corrected chi connectivity index (χ1v) is 12.2. The first kappa shape index (κ1) is 23.7. The summed E-state index contributed by atoms with van der Waals surface area (Å²) < 4.78 is 53.1. The van der Waals surface area contributed by atoms with E-state index in [1.165, 1.54) is 36.5 Å². The van der Waals surface area contributed by atoms with Crippen LogP contribution in [0.15, 0.2) is 75.1 Å². The van der Waals surface area contributed by atoms with Crippen LogP contribution in [-0.4, -0.2) is 33.9 Å². The number of fused-ring (bicyclic) bond motifs is 1. The predicted molar refractivity (Wildman–Crippen MR) is 128 cm³/mol. The minimum atomic E-state index is -4.24. The third-order valence-electron chi connectivity index (χ3n) is 4.90. The van der Waals surface area contributed by atoms with Gasteiger partial charge in [-0.05, 0) is 59.3 Å². The van der Waals surface area contributed by atoms with Gasteiger partial charge < -0.3 is 9.47 Å². The number of halogens is 2. The van der Waals surface area contributed by atoms with Crippen LogP contribution < -0.4 is 19.2 Å². The highest BCUT2D eigenvalue weighted by molar-refractivity contribution is 9.10. The van der Waals surface area contributed by atoms with Crippen molar-refractivity contribution in [3.63, 3.8) is 0 Å². The molecule has 1 amide bonds. The fourth-order valence-corrected chi connectivity index (χ4v) is 5.02. The molecule has 0 spiro atoms. The summed E-state index contributed by atoms with van der Waals surface area (Å²) in [6.45, 7) is 1.24. The molecule has 1 N–H and O–H groups in total. The Morgan fingerprint density at radius 3 is 2.53 bits per heavy atom. The van der Waals surface area contributed by atoms with Crippen LogP contribution in [0.4, 0.5) is 10.1 Å². The van der Waals surface area contributed by atoms with Crippen LogP contribution in [0.3, 0.4) is 0 Å². The summed E-state index contributed by atoms with van der Waals surface area (Å²) in [4.78, 5) is 12.6. The average molecular weight is 548 g/mol. The summed E-state index contributed by atoms with van der Waals surface area (Å²) in [5.41, 5.74) is 3.50. The number of carbonyl (C=O) groups excluding carboxylic acids is 1. The minimum Gasteiger partial charge on any atom is -0.454 e. The molecule has 0 saturated heterocycles. The van der Waals surface area contributed by atoms with Crippen molar-refractivity contribution >= 4 is 43.8 Å². The molecular formula is C23H19BrFN3O5S. The van der Waals surface area contributed by atoms with Gasteiger partial charge in [-0.1, -0.05) is 29.8 Å². The molecule has 4 rings (SSSR count). The monoisotopic (exact) mass is 547 g/mol. The van der Waals surface area contributed by atoms with Gasteiger partial charge >= 0.3 is 0 Å². The molecule has 176 valence electrons. The molecule has 1 heterocycles. The zero-order chi connectivity index (χ0) is 24.3. The third kappa shape index (κ3) is 5.05. The molecule has 0 saturated carbocycles. The average Bonchev–Trinajstić information content (AvgIpc) is 3.25. The van der Waals surface area contributed by atoms with Gasteiger partial charge in [-0.2, -0.15) is 5.10 Å². The summed E-state index contributed by atoms with van der Waals surface area (Å²) in [5.74, 6) is -0.424. The Bertz CT molecular complexity index is 1360. The number of ether oxygens (including phenoxy) is 2. The topological polar surface area (TPSA) is 97.3 Å². The van der Waals surface area contributed by atoms with E-state index in [9.17, 15) is 17.6 Å². The molecule has 3 aromatic rings. The summed E-state index contributed by atoms with van der Waals surface area (Å²) in [5, 5.41) is 3.90. The molecule has 1 aliphatic heterocycles. The number of hydrogen-bond acceptors (Lipinski definition) is 6. The van der Waals surface area contributed by atoms with Gasteiger partial charge in [0, 0.05) is 10.0 Å². The van der Waals surface area contributed by atoms with Crippen LogP contribution in [-0.2, 0) is 14.8 Å². The number of hydrogen-bond donors (Lipinski definition) is 1. The van der Waals surface area contributed by atoms with E-state index in [-0.39, 0.29) is 17.4 Å². The van der Waals surface area contributed by atoms with Gasteiger partial charge in [-0.25, -0.2) is 18.2 Å². The minimum absolute atomic E-state index is 0.0676. The quantitative estimate of drug-likeness (QED) is 0.356. The van der Waals surface area contributed by atoms with Crippen LogP contribution in [0.1, 0.15) is 11.1 Å². The normalized spacial score (nSPS) is 12.7. The smallest absolute Gasteiger partial charge is 0.264 e. The van der Waals surface area contributed by atoms with Crippen molar-refractivity contribution in [1.82, 2.24) is 5.43 Å². The number of nitrogens with one attached hydrogen (secondary N) is 1. The molecule has 34 heavy (non-hydrogen) atoms. The van der Waals surface area contributed by atoms with E-state index in [0.717, 1.165) is 11.6 Å². The summed E-state index contributed by atoms with van der Waals surface area (Å²) >= 11 is 3.38. The molecule has 0 unspecified atom stereocenters. The molecule has 1 aliphatic rings. The number of para-hydroxylation sites is 1. The first-order chi connectivity index (χ1) is 16.3. The van der Waals surface area contributed by atoms with Crippen LogP contribution >= 0.6 is 15.9 Å². The Balaban J connectivity index is 1.56. The first-order valence-electron chi connectivity index (χ1n) is 10.0. The van der Waals surface area contributed by atoms with Crippen molar-refractivity contribution in [3.05, 3.63) is 82.1 Å². The van der Waals surface area contributed by atoms with Crippen LogP contribution in [0.25, 0.3) is 0 Å². The number of benzene rings is 3. The Morgan fingerprint density at radius 2 is 1.82 bits per heavy atom. The maximum absolute atomic E-state index is 14.5. The predicted octanol–water partition coefficient (Wildman–Crippen LogP) is 3.97. The number of rotatable bonds is 7. The van der Waals surface area contributed by atoms with E-state index in [4.69, 9.17) is 9.47 Å².